The van der Waals surface area contributed by atoms with Crippen molar-refractivity contribution in [3.63, 3.8) is 0 Å². The van der Waals surface area contributed by atoms with Crippen LogP contribution in [0.25, 0.3) is 22.3 Å². The Morgan fingerprint density at radius 3 is 2.48 bits per heavy atom. The number of ether oxygens (including phenoxy) is 2. The van der Waals surface area contributed by atoms with Crippen molar-refractivity contribution >= 4 is 40.3 Å². The number of nitrogens with zero attached hydrogens (tertiary/aromatic N) is 4. The van der Waals surface area contributed by atoms with Crippen molar-refractivity contribution in [2.75, 3.05) is 53.2 Å². The van der Waals surface area contributed by atoms with E-state index in [4.69, 9.17) is 20.2 Å². The third-order valence-electron chi connectivity index (χ3n) is 12.7. The van der Waals surface area contributed by atoms with Gasteiger partial charge in [-0.2, -0.15) is 0 Å². The summed E-state index contributed by atoms with van der Waals surface area (Å²) < 4.78 is 13.4. The van der Waals surface area contributed by atoms with Gasteiger partial charge in [0.05, 0.1) is 61.8 Å². The van der Waals surface area contributed by atoms with E-state index in [0.717, 1.165) is 59.0 Å². The molecule has 3 aliphatic heterocycles. The Balaban J connectivity index is 1.10. The number of anilines is 1. The molecule has 0 spiro atoms. The Morgan fingerprint density at radius 2 is 1.82 bits per heavy atom. The average Bonchev–Trinajstić information content (AvgIpc) is 3.62. The largest absolute Gasteiger partial charge is 0.496 e. The molecule has 61 heavy (non-hydrogen) atoms. The van der Waals surface area contributed by atoms with E-state index in [1.54, 1.807) is 37.6 Å². The number of hydrogen-bond acceptors (Lipinski definition) is 11. The molecule has 3 aliphatic rings. The molecule has 324 valence electrons. The van der Waals surface area contributed by atoms with Crippen LogP contribution in [0.3, 0.4) is 0 Å². The molecule has 16 heteroatoms. The Labute approximate surface area is 355 Å². The van der Waals surface area contributed by atoms with Gasteiger partial charge in [-0.05, 0) is 62.2 Å². The zero-order valence-corrected chi connectivity index (χ0v) is 35.9. The predicted octanol–water partition coefficient (Wildman–Crippen LogP) is 2.87. The zero-order valence-electron chi connectivity index (χ0n) is 35.9. The van der Waals surface area contributed by atoms with Gasteiger partial charge in [-0.15, -0.1) is 0 Å². The summed E-state index contributed by atoms with van der Waals surface area (Å²) in [5.41, 5.74) is 9.32. The number of piperidine rings is 1. The SMILES string of the molecule is CC[C@@]1(O)C(=O)OCc2c1cc1n(c2=O)Cc2c-1nc1cc(C(=O)NC)c(OC)cc1c2CN1CCC([N+](C)(C)Cc2ccc(NC(=O)[C@H](C)NC(=O)CCCN)cc2)CC1. The first kappa shape index (κ1) is 43.4. The number of aromatic nitrogens is 2. The lowest BCUT2D eigenvalue weighted by molar-refractivity contribution is -0.929. The van der Waals surface area contributed by atoms with Crippen LogP contribution in [0.1, 0.15) is 84.1 Å². The van der Waals surface area contributed by atoms with Gasteiger partial charge in [0, 0.05) is 73.7 Å². The van der Waals surface area contributed by atoms with Crippen molar-refractivity contribution in [1.29, 1.82) is 0 Å². The van der Waals surface area contributed by atoms with Gasteiger partial charge in [-0.3, -0.25) is 24.1 Å². The fourth-order valence-electron chi connectivity index (χ4n) is 9.04. The number of quaternary nitrogens is 1. The summed E-state index contributed by atoms with van der Waals surface area (Å²) in [7, 11) is 7.58. The van der Waals surface area contributed by atoms with Gasteiger partial charge in [0.15, 0.2) is 5.60 Å². The lowest BCUT2D eigenvalue weighted by atomic mass is 9.86. The second-order valence-corrected chi connectivity index (χ2v) is 17.0. The molecule has 0 radical (unpaired) electrons. The summed E-state index contributed by atoms with van der Waals surface area (Å²) >= 11 is 0. The second kappa shape index (κ2) is 17.4. The van der Waals surface area contributed by atoms with Gasteiger partial charge in [-0.1, -0.05) is 19.1 Å². The van der Waals surface area contributed by atoms with E-state index in [1.807, 2.05) is 30.3 Å². The van der Waals surface area contributed by atoms with E-state index in [0.29, 0.717) is 59.5 Å². The molecule has 1 saturated heterocycles. The van der Waals surface area contributed by atoms with Gasteiger partial charge in [0.1, 0.15) is 24.9 Å². The number of fused-ring (bicyclic) bond motifs is 5. The van der Waals surface area contributed by atoms with Crippen LogP contribution < -0.4 is 32.0 Å². The smallest absolute Gasteiger partial charge is 0.343 e. The maximum absolute atomic E-state index is 14.1. The quantitative estimate of drug-likeness (QED) is 0.0812. The third kappa shape index (κ3) is 8.37. The van der Waals surface area contributed by atoms with Gasteiger partial charge >= 0.3 is 5.97 Å². The van der Waals surface area contributed by atoms with E-state index in [2.05, 4.69) is 34.9 Å². The molecule has 16 nitrogen and oxygen atoms in total. The van der Waals surface area contributed by atoms with Crippen molar-refractivity contribution in [2.45, 2.75) is 89.9 Å². The molecular formula is C45H57N8O8+. The molecule has 2 aromatic carbocycles. The predicted molar refractivity (Wildman–Crippen MR) is 230 cm³/mol. The molecule has 2 aromatic heterocycles. The summed E-state index contributed by atoms with van der Waals surface area (Å²) in [5, 5.41) is 20.6. The number of likely N-dealkylation sites (tertiary alicyclic amines) is 1. The molecule has 7 rings (SSSR count). The van der Waals surface area contributed by atoms with E-state index >= 15 is 0 Å². The minimum Gasteiger partial charge on any atom is -0.496 e. The normalized spacial score (nSPS) is 18.1. The number of nitrogens with one attached hydrogen (secondary N) is 3. The van der Waals surface area contributed by atoms with Gasteiger partial charge in [0.2, 0.25) is 11.8 Å². The van der Waals surface area contributed by atoms with Crippen molar-refractivity contribution < 1.29 is 38.2 Å². The zero-order chi connectivity index (χ0) is 43.8. The summed E-state index contributed by atoms with van der Waals surface area (Å²) in [6.45, 7) is 6.80. The van der Waals surface area contributed by atoms with Crippen LogP contribution in [-0.4, -0.2) is 108 Å². The monoisotopic (exact) mass is 837 g/mol. The second-order valence-electron chi connectivity index (χ2n) is 17.0. The summed E-state index contributed by atoms with van der Waals surface area (Å²) in [4.78, 5) is 72.1. The minimum atomic E-state index is -1.95. The van der Waals surface area contributed by atoms with E-state index in [-0.39, 0.29) is 60.4 Å². The Hall–Kier alpha value is -5.68. The highest BCUT2D eigenvalue weighted by Crippen LogP contribution is 2.42. The number of esters is 1. The average molecular weight is 838 g/mol. The number of aliphatic hydroxyl groups is 1. The van der Waals surface area contributed by atoms with Crippen LogP contribution in [0.15, 0.2) is 47.3 Å². The standard InChI is InChI=1S/C45H56N8O8/c1-7-45(59)35-21-37-40-33(23-52(37)43(57)34(35)25-61-44(45)58)32(30-20-38(60-6)31(42(56)47-3)19-36(30)50-40)22-51-17-14-29(15-18-51)53(4,5)24-27-10-12-28(13-11-27)49-41(55)26(2)48-39(54)9-8-16-46/h10-13,19-21,26,29,59H,7-9,14-18,22-25,46H2,1-6H3,(H2-,47,48,49,54,55,56)/p+1/t26-,45-/m0/s1. The number of carbonyl (C=O) groups is 4. The highest BCUT2D eigenvalue weighted by atomic mass is 16.6. The lowest BCUT2D eigenvalue weighted by Gasteiger charge is -2.43. The van der Waals surface area contributed by atoms with Crippen LogP contribution in [-0.2, 0) is 51.0 Å². The summed E-state index contributed by atoms with van der Waals surface area (Å²) in [6, 6.07) is 12.8. The number of benzene rings is 2. The number of amides is 3. The van der Waals surface area contributed by atoms with E-state index in [9.17, 15) is 29.1 Å². The molecular weight excluding hydrogens is 781 g/mol. The van der Waals surface area contributed by atoms with Crippen LogP contribution in [0, 0.1) is 0 Å². The Morgan fingerprint density at radius 1 is 1.10 bits per heavy atom. The fraction of sp³-hybridized carbons (Fsp3) is 0.467. The minimum absolute atomic E-state index is 0.0385. The number of carbonyl (C=O) groups excluding carboxylic acids is 4. The summed E-state index contributed by atoms with van der Waals surface area (Å²) in [6.07, 6.45) is 2.78. The summed E-state index contributed by atoms with van der Waals surface area (Å²) in [5.74, 6) is -1.18. The number of rotatable bonds is 14. The molecule has 3 amide bonds. The highest BCUT2D eigenvalue weighted by Gasteiger charge is 2.46. The first-order valence-electron chi connectivity index (χ1n) is 21.0. The maximum atomic E-state index is 14.1. The Bertz CT molecular complexity index is 2440. The molecule has 6 N–H and O–H groups in total. The molecule has 0 bridgehead atoms. The molecule has 0 unspecified atom stereocenters. The highest BCUT2D eigenvalue weighted by molar-refractivity contribution is 6.02. The topological polar surface area (TPSA) is 207 Å². The van der Waals surface area contributed by atoms with Crippen LogP contribution >= 0.6 is 0 Å². The molecule has 2 atom stereocenters. The third-order valence-corrected chi connectivity index (χ3v) is 12.7. The van der Waals surface area contributed by atoms with Gasteiger partial charge in [0.25, 0.3) is 11.5 Å². The molecule has 4 aromatic rings. The van der Waals surface area contributed by atoms with Gasteiger partial charge < -0.3 is 45.3 Å². The van der Waals surface area contributed by atoms with Crippen molar-refractivity contribution in [1.82, 2.24) is 25.1 Å². The van der Waals surface area contributed by atoms with Crippen LogP contribution in [0.2, 0.25) is 0 Å². The number of hydrogen-bond donors (Lipinski definition) is 5. The fourth-order valence-corrected chi connectivity index (χ4v) is 9.04. The van der Waals surface area contributed by atoms with Crippen molar-refractivity contribution in [2.24, 2.45) is 5.73 Å². The van der Waals surface area contributed by atoms with Crippen LogP contribution in [0.4, 0.5) is 5.69 Å². The van der Waals surface area contributed by atoms with Crippen molar-refractivity contribution in [3.05, 3.63) is 86.2 Å². The first-order valence-corrected chi connectivity index (χ1v) is 21.0. The number of methoxy groups -OCH3 is 1. The first-order chi connectivity index (χ1) is 29.1. The van der Waals surface area contributed by atoms with Gasteiger partial charge in [-0.25, -0.2) is 9.78 Å². The van der Waals surface area contributed by atoms with Crippen molar-refractivity contribution in [3.8, 4) is 17.1 Å². The lowest BCUT2D eigenvalue weighted by Crippen LogP contribution is -2.53. The maximum Gasteiger partial charge on any atom is 0.343 e. The molecule has 0 saturated carbocycles. The van der Waals surface area contributed by atoms with Crippen LogP contribution in [0.5, 0.6) is 5.75 Å². The molecule has 5 heterocycles. The molecule has 1 fully saturated rings. The number of pyridine rings is 2. The van der Waals surface area contributed by atoms with E-state index < -0.39 is 17.6 Å². The number of nitrogens with two attached hydrogens (primary N) is 1. The van der Waals surface area contributed by atoms with E-state index in [1.165, 1.54) is 7.11 Å². The molecule has 0 aliphatic carbocycles. The Kier molecular flexibility index (Phi) is 12.4. The number of cyclic esters (lactones) is 1.